The summed E-state index contributed by atoms with van der Waals surface area (Å²) in [6, 6.07) is 2.24. The van der Waals surface area contributed by atoms with E-state index in [-0.39, 0.29) is 42.3 Å². The first kappa shape index (κ1) is 30.7. The topological polar surface area (TPSA) is 183 Å². The third-order valence-electron chi connectivity index (χ3n) is 9.05. The summed E-state index contributed by atoms with van der Waals surface area (Å²) in [4.78, 5) is 45.0. The number of hydrogen-bond donors (Lipinski definition) is 4. The number of guanidine groups is 1. The first-order valence-electron chi connectivity index (χ1n) is 14.4. The Morgan fingerprint density at radius 1 is 1.24 bits per heavy atom. The fraction of sp³-hybridized carbons (Fsp3) is 0.704. The zero-order chi connectivity index (χ0) is 29.9. The van der Waals surface area contributed by atoms with E-state index in [1.165, 1.54) is 12.4 Å². The van der Waals surface area contributed by atoms with Gasteiger partial charge in [0.15, 0.2) is 5.03 Å². The lowest BCUT2D eigenvalue weighted by Gasteiger charge is -2.64. The first-order valence-corrected chi connectivity index (χ1v) is 14.4. The second-order valence-electron chi connectivity index (χ2n) is 12.6. The smallest absolute Gasteiger partial charge is 0.404 e. The van der Waals surface area contributed by atoms with E-state index in [2.05, 4.69) is 55.2 Å². The van der Waals surface area contributed by atoms with E-state index in [0.717, 1.165) is 12.8 Å². The van der Waals surface area contributed by atoms with Gasteiger partial charge in [-0.1, -0.05) is 33.1 Å². The number of rotatable bonds is 12. The molecule has 2 amide bonds. The Hall–Kier alpha value is -3.26. The molecule has 5 rings (SSSR count). The van der Waals surface area contributed by atoms with Gasteiger partial charge >= 0.3 is 7.12 Å². The van der Waals surface area contributed by atoms with E-state index in [1.807, 2.05) is 0 Å². The average Bonchev–Trinajstić information content (AvgIpc) is 3.26. The summed E-state index contributed by atoms with van der Waals surface area (Å²) < 4.78 is 13.2. The average molecular weight is 571 g/mol. The summed E-state index contributed by atoms with van der Waals surface area (Å²) in [6.45, 7) is 11.0. The second-order valence-corrected chi connectivity index (χ2v) is 12.6. The number of carbonyl (C=O) groups excluding carboxylic acids is 2. The van der Waals surface area contributed by atoms with E-state index in [0.29, 0.717) is 30.2 Å². The van der Waals surface area contributed by atoms with Gasteiger partial charge in [-0.3, -0.25) is 14.6 Å². The number of hydrogen-bond acceptors (Lipinski definition) is 8. The van der Waals surface area contributed by atoms with Gasteiger partial charge in [0.05, 0.1) is 17.6 Å². The van der Waals surface area contributed by atoms with Crippen LogP contribution in [0.5, 0.6) is 0 Å². The molecule has 41 heavy (non-hydrogen) atoms. The van der Waals surface area contributed by atoms with Crippen molar-refractivity contribution < 1.29 is 23.9 Å². The third kappa shape index (κ3) is 6.80. The van der Waals surface area contributed by atoms with Crippen LogP contribution in [0.15, 0.2) is 29.5 Å². The summed E-state index contributed by atoms with van der Waals surface area (Å²) in [5.74, 6) is -0.274. The Kier molecular flexibility index (Phi) is 9.22. The van der Waals surface area contributed by atoms with Gasteiger partial charge in [0, 0.05) is 24.5 Å². The van der Waals surface area contributed by atoms with E-state index in [4.69, 9.17) is 15.0 Å². The summed E-state index contributed by atoms with van der Waals surface area (Å²) in [5.41, 5.74) is 7.44. The number of hydrazine groups is 1. The van der Waals surface area contributed by atoms with Crippen molar-refractivity contribution in [2.45, 2.75) is 90.4 Å². The molecule has 1 saturated heterocycles. The lowest BCUT2D eigenvalue weighted by Crippen LogP contribution is -2.65. The van der Waals surface area contributed by atoms with Crippen LogP contribution in [0, 0.1) is 33.3 Å². The molecule has 1 aromatic rings. The van der Waals surface area contributed by atoms with Crippen LogP contribution < -0.4 is 21.8 Å². The van der Waals surface area contributed by atoms with Crippen molar-refractivity contribution >= 4 is 24.9 Å². The van der Waals surface area contributed by atoms with Gasteiger partial charge in [0.2, 0.25) is 5.91 Å². The van der Waals surface area contributed by atoms with Crippen molar-refractivity contribution in [2.24, 2.45) is 33.9 Å². The molecule has 224 valence electrons. The Balaban J connectivity index is 1.46. The highest BCUT2D eigenvalue weighted by molar-refractivity contribution is 6.48. The number of amides is 2. The molecule has 2 heterocycles. The molecule has 4 fully saturated rings. The summed E-state index contributed by atoms with van der Waals surface area (Å²) in [7, 11) is -0.597. The van der Waals surface area contributed by atoms with Gasteiger partial charge in [-0.25, -0.2) is 15.1 Å². The molecule has 1 aromatic heterocycles. The molecule has 14 heteroatoms. The fourth-order valence-electron chi connectivity index (χ4n) is 6.74. The molecule has 3 saturated carbocycles. The van der Waals surface area contributed by atoms with Crippen LogP contribution >= 0.6 is 0 Å². The summed E-state index contributed by atoms with van der Waals surface area (Å²) in [6.07, 6.45) is 6.27. The minimum Gasteiger partial charge on any atom is -0.404 e. The van der Waals surface area contributed by atoms with E-state index < -0.39 is 35.6 Å². The number of nitrogens with two attached hydrogens (primary N) is 1. The SMILES string of the molecule is CC(C)C[C@H](NC(=O)[C@H](CCCN=C(N)N[N+](=O)[O-])NC(=O)c1ccncc1)B1O[C@@H]2C[C@H]3C[C@H](C3(C)C)[C@]2(C)O1. The number of aliphatic imine (C=N–C) groups is 1. The first-order chi connectivity index (χ1) is 19.3. The highest BCUT2D eigenvalue weighted by atomic mass is 16.7. The predicted octanol–water partition coefficient (Wildman–Crippen LogP) is 1.85. The zero-order valence-corrected chi connectivity index (χ0v) is 24.5. The molecular formula is C27H42BN7O6. The Labute approximate surface area is 241 Å². The van der Waals surface area contributed by atoms with Crippen molar-refractivity contribution in [2.75, 3.05) is 6.54 Å². The third-order valence-corrected chi connectivity index (χ3v) is 9.05. The molecule has 3 aliphatic carbocycles. The molecule has 13 nitrogen and oxygen atoms in total. The fourth-order valence-corrected chi connectivity index (χ4v) is 6.74. The normalized spacial score (nSPS) is 27.8. The molecule has 0 spiro atoms. The van der Waals surface area contributed by atoms with Gasteiger partial charge in [0.25, 0.3) is 11.9 Å². The number of aromatic nitrogens is 1. The van der Waals surface area contributed by atoms with Crippen LogP contribution in [-0.2, 0) is 14.1 Å². The second kappa shape index (κ2) is 12.3. The van der Waals surface area contributed by atoms with Crippen LogP contribution in [-0.4, -0.2) is 65.1 Å². The van der Waals surface area contributed by atoms with Crippen molar-refractivity contribution in [3.8, 4) is 0 Å². The quantitative estimate of drug-likeness (QED) is 0.0726. The maximum absolute atomic E-state index is 13.7. The van der Waals surface area contributed by atoms with E-state index >= 15 is 0 Å². The molecule has 5 N–H and O–H groups in total. The van der Waals surface area contributed by atoms with Gasteiger partial charge in [0.1, 0.15) is 6.04 Å². The van der Waals surface area contributed by atoms with Crippen LogP contribution in [0.3, 0.4) is 0 Å². The maximum atomic E-state index is 13.7. The van der Waals surface area contributed by atoms with E-state index in [1.54, 1.807) is 17.6 Å². The lowest BCUT2D eigenvalue weighted by atomic mass is 9.43. The van der Waals surface area contributed by atoms with Gasteiger partial charge < -0.3 is 25.7 Å². The Morgan fingerprint density at radius 2 is 1.95 bits per heavy atom. The van der Waals surface area contributed by atoms with Crippen LogP contribution in [0.25, 0.3) is 0 Å². The minimum absolute atomic E-state index is 0.0193. The van der Waals surface area contributed by atoms with Crippen LogP contribution in [0.1, 0.15) is 77.1 Å². The van der Waals surface area contributed by atoms with Crippen molar-refractivity contribution in [3.05, 3.63) is 40.2 Å². The van der Waals surface area contributed by atoms with E-state index in [9.17, 15) is 19.7 Å². The lowest BCUT2D eigenvalue weighted by molar-refractivity contribution is -0.525. The van der Waals surface area contributed by atoms with Crippen molar-refractivity contribution in [1.29, 1.82) is 0 Å². The number of pyridine rings is 1. The summed E-state index contributed by atoms with van der Waals surface area (Å²) in [5, 5.41) is 15.7. The molecule has 1 aliphatic heterocycles. The highest BCUT2D eigenvalue weighted by Crippen LogP contribution is 2.65. The number of nitrogens with zero attached hydrogens (tertiary/aromatic N) is 3. The highest BCUT2D eigenvalue weighted by Gasteiger charge is 2.68. The predicted molar refractivity (Wildman–Crippen MR) is 153 cm³/mol. The monoisotopic (exact) mass is 571 g/mol. The van der Waals surface area contributed by atoms with Gasteiger partial charge in [-0.05, 0) is 74.3 Å². The largest absolute Gasteiger partial charge is 0.481 e. The molecule has 6 atom stereocenters. The summed E-state index contributed by atoms with van der Waals surface area (Å²) >= 11 is 0. The maximum Gasteiger partial charge on any atom is 0.481 e. The Bertz CT molecular complexity index is 1150. The van der Waals surface area contributed by atoms with Gasteiger partial charge in [-0.2, -0.15) is 0 Å². The van der Waals surface area contributed by atoms with Crippen LogP contribution in [0.4, 0.5) is 0 Å². The molecular weight excluding hydrogens is 529 g/mol. The standard InChI is InChI=1S/C27H42BN7O6/c1-16(2)13-22(28-40-21-15-18-14-20(26(18,3)4)27(21,5)41-28)33-24(37)19(7-6-10-31-25(29)34-35(38)39)32-23(36)17-8-11-30-12-9-17/h8-9,11-12,16,18-22H,6-7,10,13-15H2,1-5H3,(H,32,36)(H,33,37)(H3,29,31,34)/t18-,19+,20-,21-,22+,27+/m1/s1. The van der Waals surface area contributed by atoms with Crippen molar-refractivity contribution in [1.82, 2.24) is 21.0 Å². The molecule has 4 aliphatic rings. The number of nitrogens with one attached hydrogen (secondary N) is 3. The zero-order valence-electron chi connectivity index (χ0n) is 24.5. The number of carbonyl (C=O) groups is 2. The molecule has 0 unspecified atom stereocenters. The van der Waals surface area contributed by atoms with Crippen molar-refractivity contribution in [3.63, 3.8) is 0 Å². The number of nitro groups is 1. The minimum atomic E-state index is -0.892. The van der Waals surface area contributed by atoms with Crippen LogP contribution in [0.2, 0.25) is 0 Å². The Morgan fingerprint density at radius 3 is 2.59 bits per heavy atom. The van der Waals surface area contributed by atoms with Gasteiger partial charge in [-0.15, -0.1) is 0 Å². The molecule has 0 aromatic carbocycles. The molecule has 2 bridgehead atoms. The molecule has 0 radical (unpaired) electrons.